The van der Waals surface area contributed by atoms with E-state index in [9.17, 15) is 15.3 Å². The zero-order valence-corrected chi connectivity index (χ0v) is 10.2. The van der Waals surface area contributed by atoms with Gasteiger partial charge in [0.25, 0.3) is 0 Å². The number of ether oxygens (including phenoxy) is 1. The highest BCUT2D eigenvalue weighted by Gasteiger charge is 2.22. The molecule has 1 atom stereocenters. The van der Waals surface area contributed by atoms with Gasteiger partial charge in [0.2, 0.25) is 0 Å². The smallest absolute Gasteiger partial charge is 0.157 e. The van der Waals surface area contributed by atoms with Gasteiger partial charge < -0.3 is 20.1 Å². The quantitative estimate of drug-likeness (QED) is 0.688. The summed E-state index contributed by atoms with van der Waals surface area (Å²) in [5.41, 5.74) is 1.88. The molecule has 3 rings (SSSR count). The standard InChI is InChI=1S/C15H14O4/c16-11-4-1-9-3-6-14(19-15(9)8-11)10-2-5-12(17)13(18)7-10/h1-2,4-5,7-8,14,16-18H,3,6H2/t14-/m0/s1. The summed E-state index contributed by atoms with van der Waals surface area (Å²) >= 11 is 0. The van der Waals surface area contributed by atoms with Gasteiger partial charge >= 0.3 is 0 Å². The SMILES string of the molecule is Oc1ccc2c(c1)O[C@H](c1ccc(O)c(O)c1)CC2. The summed E-state index contributed by atoms with van der Waals surface area (Å²) in [6, 6.07) is 9.79. The maximum atomic E-state index is 9.52. The lowest BCUT2D eigenvalue weighted by molar-refractivity contribution is 0.175. The van der Waals surface area contributed by atoms with Gasteiger partial charge in [-0.3, -0.25) is 0 Å². The summed E-state index contributed by atoms with van der Waals surface area (Å²) in [7, 11) is 0. The van der Waals surface area contributed by atoms with Crippen LogP contribution in [0, 0.1) is 0 Å². The van der Waals surface area contributed by atoms with Crippen LogP contribution in [0.15, 0.2) is 36.4 Å². The van der Waals surface area contributed by atoms with Gasteiger partial charge in [-0.15, -0.1) is 0 Å². The number of hydrogen-bond donors (Lipinski definition) is 3. The molecule has 0 amide bonds. The van der Waals surface area contributed by atoms with Crippen molar-refractivity contribution in [3.8, 4) is 23.0 Å². The molecule has 1 aliphatic rings. The molecule has 0 saturated carbocycles. The number of aromatic hydroxyl groups is 3. The third kappa shape index (κ3) is 2.17. The zero-order valence-electron chi connectivity index (χ0n) is 10.2. The van der Waals surface area contributed by atoms with E-state index >= 15 is 0 Å². The summed E-state index contributed by atoms with van der Waals surface area (Å²) < 4.78 is 5.84. The largest absolute Gasteiger partial charge is 0.508 e. The third-order valence-electron chi connectivity index (χ3n) is 3.37. The second-order valence-corrected chi connectivity index (χ2v) is 4.69. The Morgan fingerprint density at radius 2 is 1.79 bits per heavy atom. The molecular formula is C15H14O4. The molecule has 0 unspecified atom stereocenters. The Bertz CT molecular complexity index is 622. The average Bonchev–Trinajstić information content (AvgIpc) is 2.41. The average molecular weight is 258 g/mol. The summed E-state index contributed by atoms with van der Waals surface area (Å²) in [6.45, 7) is 0. The number of benzene rings is 2. The number of phenolic OH excluding ortho intramolecular Hbond substituents is 3. The van der Waals surface area contributed by atoms with Crippen molar-refractivity contribution in [2.24, 2.45) is 0 Å². The molecule has 19 heavy (non-hydrogen) atoms. The van der Waals surface area contributed by atoms with Crippen molar-refractivity contribution in [2.75, 3.05) is 0 Å². The van der Waals surface area contributed by atoms with Crippen LogP contribution in [-0.2, 0) is 6.42 Å². The van der Waals surface area contributed by atoms with Crippen molar-refractivity contribution >= 4 is 0 Å². The highest BCUT2D eigenvalue weighted by molar-refractivity contribution is 5.44. The van der Waals surface area contributed by atoms with Gasteiger partial charge in [-0.05, 0) is 42.2 Å². The Hall–Kier alpha value is -2.36. The van der Waals surface area contributed by atoms with Crippen LogP contribution in [0.25, 0.3) is 0 Å². The van der Waals surface area contributed by atoms with E-state index in [1.807, 2.05) is 6.07 Å². The van der Waals surface area contributed by atoms with Crippen LogP contribution in [0.4, 0.5) is 0 Å². The van der Waals surface area contributed by atoms with Crippen molar-refractivity contribution in [1.29, 1.82) is 0 Å². The van der Waals surface area contributed by atoms with Crippen LogP contribution in [0.1, 0.15) is 23.7 Å². The first-order valence-electron chi connectivity index (χ1n) is 6.14. The fraction of sp³-hybridized carbons (Fsp3) is 0.200. The first-order valence-corrected chi connectivity index (χ1v) is 6.14. The second-order valence-electron chi connectivity index (χ2n) is 4.69. The van der Waals surface area contributed by atoms with Gasteiger partial charge in [-0.25, -0.2) is 0 Å². The summed E-state index contributed by atoms with van der Waals surface area (Å²) in [4.78, 5) is 0. The highest BCUT2D eigenvalue weighted by atomic mass is 16.5. The molecular weight excluding hydrogens is 244 g/mol. The van der Waals surface area contributed by atoms with Crippen LogP contribution in [0.3, 0.4) is 0 Å². The number of hydrogen-bond acceptors (Lipinski definition) is 4. The first kappa shape index (κ1) is 11.7. The van der Waals surface area contributed by atoms with Crippen molar-refractivity contribution in [3.05, 3.63) is 47.5 Å². The molecule has 4 nitrogen and oxygen atoms in total. The minimum Gasteiger partial charge on any atom is -0.508 e. The molecule has 98 valence electrons. The van der Waals surface area contributed by atoms with Gasteiger partial charge in [-0.2, -0.15) is 0 Å². The molecule has 0 fully saturated rings. The molecule has 0 saturated heterocycles. The van der Waals surface area contributed by atoms with E-state index in [0.29, 0.717) is 5.75 Å². The van der Waals surface area contributed by atoms with Crippen molar-refractivity contribution in [1.82, 2.24) is 0 Å². The first-order chi connectivity index (χ1) is 9.13. The predicted octanol–water partition coefficient (Wildman–Crippen LogP) is 2.87. The summed E-state index contributed by atoms with van der Waals surface area (Å²) in [5.74, 6) is 0.553. The second kappa shape index (κ2) is 4.39. The topological polar surface area (TPSA) is 69.9 Å². The van der Waals surface area contributed by atoms with Crippen molar-refractivity contribution < 1.29 is 20.1 Å². The lowest BCUT2D eigenvalue weighted by Crippen LogP contribution is -2.14. The van der Waals surface area contributed by atoms with Gasteiger partial charge in [0, 0.05) is 6.07 Å². The van der Waals surface area contributed by atoms with E-state index in [-0.39, 0.29) is 23.4 Å². The van der Waals surface area contributed by atoms with E-state index in [0.717, 1.165) is 24.0 Å². The fourth-order valence-electron chi connectivity index (χ4n) is 2.33. The minimum absolute atomic E-state index is 0.141. The third-order valence-corrected chi connectivity index (χ3v) is 3.37. The van der Waals surface area contributed by atoms with E-state index in [1.165, 1.54) is 12.1 Å². The monoisotopic (exact) mass is 258 g/mol. The van der Waals surface area contributed by atoms with Crippen LogP contribution < -0.4 is 4.74 Å². The molecule has 4 heteroatoms. The predicted molar refractivity (Wildman–Crippen MR) is 69.6 cm³/mol. The summed E-state index contributed by atoms with van der Waals surface area (Å²) in [5, 5.41) is 28.3. The van der Waals surface area contributed by atoms with E-state index in [1.54, 1.807) is 18.2 Å². The zero-order chi connectivity index (χ0) is 13.4. The lowest BCUT2D eigenvalue weighted by atomic mass is 9.97. The molecule has 1 aliphatic heterocycles. The molecule has 1 heterocycles. The van der Waals surface area contributed by atoms with E-state index in [4.69, 9.17) is 4.74 Å². The molecule has 2 aromatic rings. The maximum absolute atomic E-state index is 9.52. The van der Waals surface area contributed by atoms with Crippen LogP contribution in [0.5, 0.6) is 23.0 Å². The Kier molecular flexibility index (Phi) is 2.71. The van der Waals surface area contributed by atoms with E-state index < -0.39 is 0 Å². The van der Waals surface area contributed by atoms with Crippen molar-refractivity contribution in [2.45, 2.75) is 18.9 Å². The van der Waals surface area contributed by atoms with Gasteiger partial charge in [0.05, 0.1) is 0 Å². The fourth-order valence-corrected chi connectivity index (χ4v) is 2.33. The molecule has 0 radical (unpaired) electrons. The molecule has 0 aromatic heterocycles. The summed E-state index contributed by atoms with van der Waals surface area (Å²) in [6.07, 6.45) is 1.46. The van der Waals surface area contributed by atoms with E-state index in [2.05, 4.69) is 0 Å². The number of fused-ring (bicyclic) bond motifs is 1. The lowest BCUT2D eigenvalue weighted by Gasteiger charge is -2.26. The minimum atomic E-state index is -0.180. The Morgan fingerprint density at radius 1 is 0.947 bits per heavy atom. The van der Waals surface area contributed by atoms with Gasteiger partial charge in [0.15, 0.2) is 11.5 Å². The molecule has 0 spiro atoms. The Labute approximate surface area is 110 Å². The Morgan fingerprint density at radius 3 is 2.58 bits per heavy atom. The molecule has 2 aromatic carbocycles. The van der Waals surface area contributed by atoms with Gasteiger partial charge in [0.1, 0.15) is 17.6 Å². The van der Waals surface area contributed by atoms with Gasteiger partial charge in [-0.1, -0.05) is 12.1 Å². The number of aryl methyl sites for hydroxylation is 1. The molecule has 0 aliphatic carbocycles. The molecule has 0 bridgehead atoms. The van der Waals surface area contributed by atoms with Crippen LogP contribution in [-0.4, -0.2) is 15.3 Å². The maximum Gasteiger partial charge on any atom is 0.157 e. The normalized spacial score (nSPS) is 17.6. The number of rotatable bonds is 1. The van der Waals surface area contributed by atoms with Crippen molar-refractivity contribution in [3.63, 3.8) is 0 Å². The van der Waals surface area contributed by atoms with Crippen LogP contribution >= 0.6 is 0 Å². The Balaban J connectivity index is 1.90. The molecule has 3 N–H and O–H groups in total. The van der Waals surface area contributed by atoms with Crippen LogP contribution in [0.2, 0.25) is 0 Å². The number of phenols is 3. The highest BCUT2D eigenvalue weighted by Crippen LogP contribution is 2.38.